The number of fused-ring (bicyclic) bond motifs is 1. The molecule has 4 aromatic rings. The Kier molecular flexibility index (Phi) is 4.71. The summed E-state index contributed by atoms with van der Waals surface area (Å²) in [5.74, 6) is -0.813. The topological polar surface area (TPSA) is 69.7 Å². The number of aryl methyl sites for hydroxylation is 1. The van der Waals surface area contributed by atoms with Crippen LogP contribution in [0.3, 0.4) is 0 Å². The second kappa shape index (κ2) is 7.19. The quantitative estimate of drug-likeness (QED) is 0.391. The SMILES string of the molecule is Cc1ccc2oc(-c3ccco3)c(OC(=O)c3ccc(Cl)cc3Cl)c(=O)c2c1. The molecule has 0 radical (unpaired) electrons. The van der Waals surface area contributed by atoms with Crippen molar-refractivity contribution < 1.29 is 18.4 Å². The number of esters is 1. The van der Waals surface area contributed by atoms with Crippen LogP contribution < -0.4 is 10.2 Å². The molecule has 2 aromatic carbocycles. The molecule has 7 heteroatoms. The Morgan fingerprint density at radius 1 is 1.07 bits per heavy atom. The normalized spacial score (nSPS) is 11.0. The Balaban J connectivity index is 1.89. The Morgan fingerprint density at radius 2 is 1.89 bits per heavy atom. The third kappa shape index (κ3) is 3.30. The zero-order valence-corrected chi connectivity index (χ0v) is 16.0. The molecule has 0 atom stereocenters. The van der Waals surface area contributed by atoms with Crippen LogP contribution in [-0.4, -0.2) is 5.97 Å². The summed E-state index contributed by atoms with van der Waals surface area (Å²) in [6.45, 7) is 1.85. The third-order valence-corrected chi connectivity index (χ3v) is 4.64. The molecule has 0 saturated heterocycles. The molecule has 0 fully saturated rings. The maximum absolute atomic E-state index is 13.1. The van der Waals surface area contributed by atoms with Crippen LogP contribution in [-0.2, 0) is 0 Å². The molecule has 0 N–H and O–H groups in total. The Morgan fingerprint density at radius 3 is 2.61 bits per heavy atom. The van der Waals surface area contributed by atoms with Gasteiger partial charge in [0.25, 0.3) is 0 Å². The molecule has 0 saturated carbocycles. The van der Waals surface area contributed by atoms with Crippen LogP contribution in [0.1, 0.15) is 15.9 Å². The molecule has 0 spiro atoms. The number of benzene rings is 2. The van der Waals surface area contributed by atoms with Gasteiger partial charge in [0.1, 0.15) is 5.58 Å². The lowest BCUT2D eigenvalue weighted by atomic mass is 10.1. The van der Waals surface area contributed by atoms with Crippen molar-refractivity contribution in [3.8, 4) is 17.3 Å². The smallest absolute Gasteiger partial charge is 0.345 e. The van der Waals surface area contributed by atoms with E-state index in [1.165, 1.54) is 24.5 Å². The van der Waals surface area contributed by atoms with Crippen molar-refractivity contribution in [2.75, 3.05) is 0 Å². The number of hydrogen-bond acceptors (Lipinski definition) is 5. The maximum atomic E-state index is 13.1. The van der Waals surface area contributed by atoms with E-state index in [2.05, 4.69) is 0 Å². The first-order valence-electron chi connectivity index (χ1n) is 8.22. The first kappa shape index (κ1) is 18.3. The average molecular weight is 415 g/mol. The highest BCUT2D eigenvalue weighted by Gasteiger charge is 2.24. The largest absolute Gasteiger partial charge is 0.461 e. The van der Waals surface area contributed by atoms with Crippen LogP contribution in [0, 0.1) is 6.92 Å². The molecule has 0 aliphatic carbocycles. The van der Waals surface area contributed by atoms with Crippen molar-refractivity contribution in [2.24, 2.45) is 0 Å². The van der Waals surface area contributed by atoms with Crippen LogP contribution in [0.25, 0.3) is 22.5 Å². The number of rotatable bonds is 3. The molecule has 0 unspecified atom stereocenters. The summed E-state index contributed by atoms with van der Waals surface area (Å²) in [4.78, 5) is 25.7. The number of halogens is 2. The Hall–Kier alpha value is -3.02. The van der Waals surface area contributed by atoms with Crippen LogP contribution in [0.4, 0.5) is 0 Å². The Labute approximate surface area is 169 Å². The van der Waals surface area contributed by atoms with Crippen LogP contribution in [0.5, 0.6) is 5.75 Å². The number of ether oxygens (including phenoxy) is 1. The highest BCUT2D eigenvalue weighted by Crippen LogP contribution is 2.32. The van der Waals surface area contributed by atoms with E-state index in [9.17, 15) is 9.59 Å². The highest BCUT2D eigenvalue weighted by molar-refractivity contribution is 6.36. The van der Waals surface area contributed by atoms with Gasteiger partial charge in [-0.1, -0.05) is 34.8 Å². The number of carbonyl (C=O) groups is 1. The fourth-order valence-electron chi connectivity index (χ4n) is 2.76. The van der Waals surface area contributed by atoms with Gasteiger partial charge in [-0.05, 0) is 49.4 Å². The van der Waals surface area contributed by atoms with Gasteiger partial charge in [-0.2, -0.15) is 0 Å². The summed E-state index contributed by atoms with van der Waals surface area (Å²) in [5.41, 5.74) is 0.796. The third-order valence-electron chi connectivity index (χ3n) is 4.09. The van der Waals surface area contributed by atoms with Crippen molar-refractivity contribution >= 4 is 40.1 Å². The van der Waals surface area contributed by atoms with E-state index in [4.69, 9.17) is 36.8 Å². The summed E-state index contributed by atoms with van der Waals surface area (Å²) in [7, 11) is 0. The molecule has 140 valence electrons. The average Bonchev–Trinajstić information content (AvgIpc) is 3.18. The van der Waals surface area contributed by atoms with E-state index in [1.54, 1.807) is 24.3 Å². The van der Waals surface area contributed by atoms with E-state index < -0.39 is 11.4 Å². The van der Waals surface area contributed by atoms with E-state index in [-0.39, 0.29) is 27.9 Å². The van der Waals surface area contributed by atoms with Gasteiger partial charge < -0.3 is 13.6 Å². The predicted octanol–water partition coefficient (Wildman–Crippen LogP) is 5.89. The van der Waals surface area contributed by atoms with Crippen LogP contribution in [0.15, 0.2) is 68.4 Å². The van der Waals surface area contributed by atoms with E-state index in [0.29, 0.717) is 16.0 Å². The summed E-state index contributed by atoms with van der Waals surface area (Å²) in [6, 6.07) is 12.7. The van der Waals surface area contributed by atoms with Gasteiger partial charge in [-0.15, -0.1) is 0 Å². The minimum absolute atomic E-state index is 0.0183. The first-order valence-corrected chi connectivity index (χ1v) is 8.98. The molecule has 2 aromatic heterocycles. The number of hydrogen-bond donors (Lipinski definition) is 0. The molecule has 0 bridgehead atoms. The minimum atomic E-state index is -0.811. The van der Waals surface area contributed by atoms with Crippen LogP contribution >= 0.6 is 23.2 Å². The fraction of sp³-hybridized carbons (Fsp3) is 0.0476. The molecule has 4 rings (SSSR count). The second-order valence-electron chi connectivity index (χ2n) is 6.08. The molecule has 5 nitrogen and oxygen atoms in total. The summed E-state index contributed by atoms with van der Waals surface area (Å²) < 4.78 is 16.6. The molecule has 0 aliphatic rings. The fourth-order valence-corrected chi connectivity index (χ4v) is 3.24. The summed E-state index contributed by atoms with van der Waals surface area (Å²) >= 11 is 11.9. The lowest BCUT2D eigenvalue weighted by Gasteiger charge is -2.10. The van der Waals surface area contributed by atoms with Gasteiger partial charge >= 0.3 is 5.97 Å². The Bertz CT molecular complexity index is 1260. The molecule has 0 aliphatic heterocycles. The maximum Gasteiger partial charge on any atom is 0.345 e. The minimum Gasteiger partial charge on any atom is -0.461 e. The second-order valence-corrected chi connectivity index (χ2v) is 6.92. The van der Waals surface area contributed by atoms with E-state index >= 15 is 0 Å². The van der Waals surface area contributed by atoms with Gasteiger partial charge in [-0.25, -0.2) is 4.79 Å². The molecule has 2 heterocycles. The zero-order chi connectivity index (χ0) is 19.8. The van der Waals surface area contributed by atoms with Gasteiger partial charge in [0.05, 0.1) is 22.2 Å². The summed E-state index contributed by atoms with van der Waals surface area (Å²) in [5, 5.41) is 0.775. The van der Waals surface area contributed by atoms with E-state index in [1.807, 2.05) is 13.0 Å². The van der Waals surface area contributed by atoms with Gasteiger partial charge in [-0.3, -0.25) is 4.79 Å². The van der Waals surface area contributed by atoms with Crippen molar-refractivity contribution in [3.63, 3.8) is 0 Å². The zero-order valence-electron chi connectivity index (χ0n) is 14.5. The van der Waals surface area contributed by atoms with Crippen molar-refractivity contribution in [1.82, 2.24) is 0 Å². The monoisotopic (exact) mass is 414 g/mol. The number of carbonyl (C=O) groups excluding carboxylic acids is 1. The molecule has 28 heavy (non-hydrogen) atoms. The lowest BCUT2D eigenvalue weighted by molar-refractivity contribution is 0.0731. The summed E-state index contributed by atoms with van der Waals surface area (Å²) in [6.07, 6.45) is 1.43. The lowest BCUT2D eigenvalue weighted by Crippen LogP contribution is -2.16. The molecular weight excluding hydrogens is 403 g/mol. The number of furan rings is 1. The molecular formula is C21H12Cl2O5. The van der Waals surface area contributed by atoms with Crippen LogP contribution in [0.2, 0.25) is 10.0 Å². The standard InChI is InChI=1S/C21H12Cl2O5/c1-11-4-7-16-14(9-11)18(24)20(19(27-16)17-3-2-8-26-17)28-21(25)13-6-5-12(22)10-15(13)23/h2-10H,1H3. The van der Waals surface area contributed by atoms with Crippen molar-refractivity contribution in [2.45, 2.75) is 6.92 Å². The van der Waals surface area contributed by atoms with Gasteiger partial charge in [0.2, 0.25) is 16.9 Å². The predicted molar refractivity (Wildman–Crippen MR) is 106 cm³/mol. The molecule has 0 amide bonds. The van der Waals surface area contributed by atoms with Gasteiger partial charge in [0.15, 0.2) is 5.76 Å². The van der Waals surface area contributed by atoms with E-state index in [0.717, 1.165) is 5.56 Å². The van der Waals surface area contributed by atoms with Gasteiger partial charge in [0, 0.05) is 5.02 Å². The first-order chi connectivity index (χ1) is 13.4. The van der Waals surface area contributed by atoms with Crippen molar-refractivity contribution in [3.05, 3.63) is 86.2 Å². The van der Waals surface area contributed by atoms with Crippen molar-refractivity contribution in [1.29, 1.82) is 0 Å². The highest BCUT2D eigenvalue weighted by atomic mass is 35.5.